The van der Waals surface area contributed by atoms with E-state index in [0.717, 1.165) is 5.56 Å². The van der Waals surface area contributed by atoms with Crippen LogP contribution in [0.15, 0.2) is 48.8 Å². The van der Waals surface area contributed by atoms with E-state index in [4.69, 9.17) is 9.84 Å². The van der Waals surface area contributed by atoms with Gasteiger partial charge >= 0.3 is 6.09 Å². The van der Waals surface area contributed by atoms with Crippen molar-refractivity contribution in [2.24, 2.45) is 0 Å². The standard InChI is InChI=1S/C12H11NO3/c14-11-6-7-13(8-11)12(15)16-9-10-4-2-1-3-5-10/h1-8,14H,9H2. The van der Waals surface area contributed by atoms with Crippen molar-refractivity contribution in [1.82, 2.24) is 4.57 Å². The summed E-state index contributed by atoms with van der Waals surface area (Å²) in [7, 11) is 0. The average Bonchev–Trinajstić information content (AvgIpc) is 2.74. The molecule has 0 saturated carbocycles. The molecule has 0 saturated heterocycles. The lowest BCUT2D eigenvalue weighted by Crippen LogP contribution is -2.11. The highest BCUT2D eigenvalue weighted by Gasteiger charge is 2.06. The fourth-order valence-corrected chi connectivity index (χ4v) is 1.29. The van der Waals surface area contributed by atoms with Crippen LogP contribution >= 0.6 is 0 Å². The van der Waals surface area contributed by atoms with Gasteiger partial charge in [0.15, 0.2) is 0 Å². The normalized spacial score (nSPS) is 10.0. The quantitative estimate of drug-likeness (QED) is 0.840. The number of carbonyl (C=O) groups is 1. The summed E-state index contributed by atoms with van der Waals surface area (Å²) >= 11 is 0. The molecule has 2 rings (SSSR count). The van der Waals surface area contributed by atoms with E-state index in [1.807, 2.05) is 30.3 Å². The van der Waals surface area contributed by atoms with Crippen LogP contribution in [0, 0.1) is 0 Å². The van der Waals surface area contributed by atoms with Gasteiger partial charge in [-0.15, -0.1) is 0 Å². The third-order valence-electron chi connectivity index (χ3n) is 2.09. The maximum absolute atomic E-state index is 11.5. The van der Waals surface area contributed by atoms with Crippen LogP contribution in [0.3, 0.4) is 0 Å². The van der Waals surface area contributed by atoms with Crippen molar-refractivity contribution in [3.63, 3.8) is 0 Å². The van der Waals surface area contributed by atoms with E-state index in [-0.39, 0.29) is 12.4 Å². The number of hydrogen-bond acceptors (Lipinski definition) is 3. The van der Waals surface area contributed by atoms with Gasteiger partial charge in [0.1, 0.15) is 12.4 Å². The lowest BCUT2D eigenvalue weighted by atomic mass is 10.2. The van der Waals surface area contributed by atoms with E-state index < -0.39 is 6.09 Å². The fraction of sp³-hybridized carbons (Fsp3) is 0.0833. The summed E-state index contributed by atoms with van der Waals surface area (Å²) in [5.74, 6) is 0.0386. The van der Waals surface area contributed by atoms with Crippen molar-refractivity contribution in [2.75, 3.05) is 0 Å². The molecule has 16 heavy (non-hydrogen) atoms. The molecule has 1 aromatic carbocycles. The Bertz CT molecular complexity index is 476. The molecule has 2 aromatic rings. The van der Waals surface area contributed by atoms with Gasteiger partial charge in [0, 0.05) is 6.20 Å². The Hall–Kier alpha value is -2.23. The third-order valence-corrected chi connectivity index (χ3v) is 2.09. The number of aromatic hydroxyl groups is 1. The van der Waals surface area contributed by atoms with Crippen LogP contribution in [0.1, 0.15) is 5.56 Å². The number of carbonyl (C=O) groups excluding carboxylic acids is 1. The summed E-state index contributed by atoms with van der Waals surface area (Å²) in [6.07, 6.45) is 2.24. The Morgan fingerprint density at radius 3 is 2.62 bits per heavy atom. The van der Waals surface area contributed by atoms with E-state index >= 15 is 0 Å². The molecule has 0 atom stereocenters. The molecule has 0 aliphatic heterocycles. The van der Waals surface area contributed by atoms with Crippen LogP contribution < -0.4 is 0 Å². The second-order valence-corrected chi connectivity index (χ2v) is 3.32. The minimum absolute atomic E-state index is 0.0386. The average molecular weight is 217 g/mol. The second kappa shape index (κ2) is 4.53. The zero-order valence-electron chi connectivity index (χ0n) is 8.54. The minimum Gasteiger partial charge on any atom is -0.506 e. The molecule has 0 aliphatic rings. The number of nitrogens with zero attached hydrogens (tertiary/aromatic N) is 1. The first-order chi connectivity index (χ1) is 7.75. The smallest absolute Gasteiger partial charge is 0.418 e. The molecule has 4 nitrogen and oxygen atoms in total. The molecule has 1 aromatic heterocycles. The van der Waals surface area contributed by atoms with Crippen LogP contribution in [0.25, 0.3) is 0 Å². The van der Waals surface area contributed by atoms with Gasteiger partial charge in [-0.25, -0.2) is 4.79 Å². The van der Waals surface area contributed by atoms with Gasteiger partial charge in [0.05, 0.1) is 6.20 Å². The molecule has 0 unspecified atom stereocenters. The summed E-state index contributed by atoms with van der Waals surface area (Å²) in [4.78, 5) is 11.5. The first kappa shape index (κ1) is 10.3. The van der Waals surface area contributed by atoms with Gasteiger partial charge in [-0.1, -0.05) is 30.3 Å². The largest absolute Gasteiger partial charge is 0.506 e. The lowest BCUT2D eigenvalue weighted by Gasteiger charge is -2.04. The first-order valence-electron chi connectivity index (χ1n) is 4.84. The maximum atomic E-state index is 11.5. The highest BCUT2D eigenvalue weighted by molar-refractivity contribution is 5.70. The summed E-state index contributed by atoms with van der Waals surface area (Å²) < 4.78 is 6.23. The van der Waals surface area contributed by atoms with Crippen molar-refractivity contribution in [3.05, 3.63) is 54.4 Å². The maximum Gasteiger partial charge on any atom is 0.418 e. The highest BCUT2D eigenvalue weighted by atomic mass is 16.5. The van der Waals surface area contributed by atoms with Gasteiger partial charge in [0.2, 0.25) is 0 Å². The second-order valence-electron chi connectivity index (χ2n) is 3.32. The topological polar surface area (TPSA) is 51.5 Å². The van der Waals surface area contributed by atoms with Gasteiger partial charge in [-0.05, 0) is 11.6 Å². The summed E-state index contributed by atoms with van der Waals surface area (Å²) in [5, 5.41) is 9.06. The van der Waals surface area contributed by atoms with Gasteiger partial charge in [0.25, 0.3) is 0 Å². The molecule has 0 fully saturated rings. The zero-order chi connectivity index (χ0) is 11.4. The predicted molar refractivity (Wildman–Crippen MR) is 58.1 cm³/mol. The molecular formula is C12H11NO3. The molecular weight excluding hydrogens is 206 g/mol. The number of rotatable bonds is 2. The number of ether oxygens (including phenoxy) is 1. The zero-order valence-corrected chi connectivity index (χ0v) is 8.54. The molecule has 0 radical (unpaired) electrons. The fourth-order valence-electron chi connectivity index (χ4n) is 1.29. The monoisotopic (exact) mass is 217 g/mol. The van der Waals surface area contributed by atoms with Crippen LogP contribution in [0.5, 0.6) is 5.75 Å². The summed E-state index contributed by atoms with van der Waals surface area (Å²) in [6, 6.07) is 10.8. The number of hydrogen-bond donors (Lipinski definition) is 1. The molecule has 0 aliphatic carbocycles. The molecule has 82 valence electrons. The van der Waals surface area contributed by atoms with Crippen LogP contribution in [-0.4, -0.2) is 15.8 Å². The third kappa shape index (κ3) is 2.42. The highest BCUT2D eigenvalue weighted by Crippen LogP contribution is 2.09. The van der Waals surface area contributed by atoms with Crippen molar-refractivity contribution in [1.29, 1.82) is 0 Å². The molecule has 0 spiro atoms. The lowest BCUT2D eigenvalue weighted by molar-refractivity contribution is 0.141. The van der Waals surface area contributed by atoms with Crippen molar-refractivity contribution in [2.45, 2.75) is 6.61 Å². The van der Waals surface area contributed by atoms with Crippen molar-refractivity contribution >= 4 is 6.09 Å². The van der Waals surface area contributed by atoms with E-state index in [9.17, 15) is 4.79 Å². The predicted octanol–water partition coefficient (Wildman–Crippen LogP) is 2.38. The van der Waals surface area contributed by atoms with Crippen LogP contribution in [0.4, 0.5) is 4.79 Å². The van der Waals surface area contributed by atoms with Gasteiger partial charge < -0.3 is 9.84 Å². The first-order valence-corrected chi connectivity index (χ1v) is 4.84. The Morgan fingerprint density at radius 1 is 1.25 bits per heavy atom. The SMILES string of the molecule is O=C(OCc1ccccc1)n1ccc(O)c1. The number of benzene rings is 1. The van der Waals surface area contributed by atoms with Crippen LogP contribution in [0.2, 0.25) is 0 Å². The van der Waals surface area contributed by atoms with E-state index in [1.165, 1.54) is 23.0 Å². The van der Waals surface area contributed by atoms with Crippen molar-refractivity contribution < 1.29 is 14.6 Å². The molecule has 0 bridgehead atoms. The molecule has 4 heteroatoms. The Kier molecular flexibility index (Phi) is 2.91. The van der Waals surface area contributed by atoms with E-state index in [0.29, 0.717) is 0 Å². The molecule has 1 N–H and O–H groups in total. The summed E-state index contributed by atoms with van der Waals surface area (Å²) in [5.41, 5.74) is 0.923. The Morgan fingerprint density at radius 2 is 2.00 bits per heavy atom. The Balaban J connectivity index is 1.94. The minimum atomic E-state index is -0.510. The molecule has 1 heterocycles. The number of aromatic nitrogens is 1. The van der Waals surface area contributed by atoms with Crippen LogP contribution in [-0.2, 0) is 11.3 Å². The summed E-state index contributed by atoms with van der Waals surface area (Å²) in [6.45, 7) is 0.221. The van der Waals surface area contributed by atoms with Gasteiger partial charge in [-0.3, -0.25) is 4.57 Å². The van der Waals surface area contributed by atoms with E-state index in [2.05, 4.69) is 0 Å². The molecule has 0 amide bonds. The van der Waals surface area contributed by atoms with E-state index in [1.54, 1.807) is 0 Å². The van der Waals surface area contributed by atoms with Gasteiger partial charge in [-0.2, -0.15) is 0 Å². The Labute approximate surface area is 92.7 Å². The van der Waals surface area contributed by atoms with Crippen molar-refractivity contribution in [3.8, 4) is 5.75 Å².